The Kier molecular flexibility index (Phi) is 4.99. The van der Waals surface area contributed by atoms with Gasteiger partial charge >= 0.3 is 17.9 Å². The van der Waals surface area contributed by atoms with E-state index in [4.69, 9.17) is 14.2 Å². The van der Waals surface area contributed by atoms with Crippen LogP contribution in [0.15, 0.2) is 36.4 Å². The summed E-state index contributed by atoms with van der Waals surface area (Å²) in [5.41, 5.74) is 2.21. The quantitative estimate of drug-likeness (QED) is 0.601. The lowest BCUT2D eigenvalue weighted by molar-refractivity contribution is -0.132. The first-order valence-corrected chi connectivity index (χ1v) is 8.62. The van der Waals surface area contributed by atoms with E-state index in [1.54, 1.807) is 36.4 Å². The molecule has 3 rings (SSSR count). The normalized spacial score (nSPS) is 15.3. The first kappa shape index (κ1) is 18.6. The van der Waals surface area contributed by atoms with E-state index in [1.807, 2.05) is 13.8 Å². The number of carbonyl (C=O) groups is 3. The van der Waals surface area contributed by atoms with E-state index in [-0.39, 0.29) is 17.4 Å². The van der Waals surface area contributed by atoms with E-state index >= 15 is 0 Å². The van der Waals surface area contributed by atoms with Gasteiger partial charge in [0.1, 0.15) is 11.5 Å². The van der Waals surface area contributed by atoms with Gasteiger partial charge in [-0.05, 0) is 29.7 Å². The molecule has 2 aromatic rings. The van der Waals surface area contributed by atoms with Gasteiger partial charge in [-0.1, -0.05) is 32.0 Å². The molecule has 140 valence electrons. The van der Waals surface area contributed by atoms with Crippen LogP contribution in [0.25, 0.3) is 0 Å². The Morgan fingerprint density at radius 3 is 2.07 bits per heavy atom. The highest BCUT2D eigenvalue weighted by atomic mass is 16.6. The Morgan fingerprint density at radius 2 is 1.56 bits per heavy atom. The minimum atomic E-state index is -0.835. The largest absolute Gasteiger partial charge is 0.449 e. The monoisotopic (exact) mass is 368 g/mol. The molecule has 0 spiro atoms. The molecule has 0 aliphatic carbocycles. The number of benzene rings is 2. The molecule has 1 aliphatic heterocycles. The van der Waals surface area contributed by atoms with Crippen LogP contribution in [0.3, 0.4) is 0 Å². The molecule has 27 heavy (non-hydrogen) atoms. The van der Waals surface area contributed by atoms with Crippen molar-refractivity contribution >= 4 is 17.9 Å². The zero-order valence-corrected chi connectivity index (χ0v) is 15.6. The van der Waals surface area contributed by atoms with Crippen molar-refractivity contribution in [1.82, 2.24) is 0 Å². The van der Waals surface area contributed by atoms with E-state index in [1.165, 1.54) is 13.8 Å². The predicted molar refractivity (Wildman–Crippen MR) is 96.8 cm³/mol. The van der Waals surface area contributed by atoms with Gasteiger partial charge < -0.3 is 14.2 Å². The van der Waals surface area contributed by atoms with Gasteiger partial charge in [0, 0.05) is 19.4 Å². The molecule has 1 heterocycles. The fourth-order valence-corrected chi connectivity index (χ4v) is 3.05. The highest BCUT2D eigenvalue weighted by Crippen LogP contribution is 2.45. The van der Waals surface area contributed by atoms with E-state index in [0.29, 0.717) is 16.7 Å². The molecule has 0 bridgehead atoms. The minimum absolute atomic E-state index is 0.0982. The summed E-state index contributed by atoms with van der Waals surface area (Å²) >= 11 is 0. The standard InChI is InChI=1S/C21H20O6/c1-11(2)14-9-17(25-12(3)22)19(18(10-14)26-13(4)23)20-15-7-5-6-8-16(15)21(24)27-20/h5-11,20H,1-4H3. The van der Waals surface area contributed by atoms with Gasteiger partial charge in [-0.2, -0.15) is 0 Å². The van der Waals surface area contributed by atoms with Crippen LogP contribution in [0, 0.1) is 0 Å². The number of carbonyl (C=O) groups excluding carboxylic acids is 3. The molecule has 0 aromatic heterocycles. The zero-order valence-electron chi connectivity index (χ0n) is 15.6. The van der Waals surface area contributed by atoms with Crippen molar-refractivity contribution in [2.45, 2.75) is 39.7 Å². The first-order valence-electron chi connectivity index (χ1n) is 8.62. The summed E-state index contributed by atoms with van der Waals surface area (Å²) in [6.45, 7) is 6.50. The third-order valence-corrected chi connectivity index (χ3v) is 4.25. The number of hydrogen-bond donors (Lipinski definition) is 0. The van der Waals surface area contributed by atoms with Crippen LogP contribution in [0.1, 0.15) is 66.8 Å². The lowest BCUT2D eigenvalue weighted by Gasteiger charge is -2.21. The Hall–Kier alpha value is -3.15. The lowest BCUT2D eigenvalue weighted by Crippen LogP contribution is -2.13. The zero-order chi connectivity index (χ0) is 19.7. The van der Waals surface area contributed by atoms with Gasteiger partial charge in [-0.3, -0.25) is 9.59 Å². The molecule has 6 heteroatoms. The van der Waals surface area contributed by atoms with Crippen LogP contribution >= 0.6 is 0 Å². The number of esters is 3. The van der Waals surface area contributed by atoms with Gasteiger partial charge in [0.05, 0.1) is 11.1 Å². The molecular weight excluding hydrogens is 348 g/mol. The summed E-state index contributed by atoms with van der Waals surface area (Å²) in [5.74, 6) is -1.02. The molecule has 0 saturated heterocycles. The average Bonchev–Trinajstić information content (AvgIpc) is 2.90. The van der Waals surface area contributed by atoms with E-state index in [9.17, 15) is 14.4 Å². The van der Waals surface area contributed by atoms with Crippen molar-refractivity contribution in [3.63, 3.8) is 0 Å². The summed E-state index contributed by atoms with van der Waals surface area (Å²) in [7, 11) is 0. The van der Waals surface area contributed by atoms with Crippen LogP contribution in [-0.2, 0) is 14.3 Å². The average molecular weight is 368 g/mol. The van der Waals surface area contributed by atoms with Gasteiger partial charge in [0.15, 0.2) is 6.10 Å². The Balaban J connectivity index is 2.24. The second-order valence-electron chi connectivity index (χ2n) is 6.65. The molecule has 1 unspecified atom stereocenters. The number of rotatable bonds is 4. The van der Waals surface area contributed by atoms with Crippen molar-refractivity contribution in [3.8, 4) is 11.5 Å². The molecule has 0 amide bonds. The van der Waals surface area contributed by atoms with Crippen molar-refractivity contribution in [2.75, 3.05) is 0 Å². The van der Waals surface area contributed by atoms with Gasteiger partial charge in [0.25, 0.3) is 0 Å². The van der Waals surface area contributed by atoms with Crippen molar-refractivity contribution in [2.24, 2.45) is 0 Å². The van der Waals surface area contributed by atoms with Crippen LogP contribution in [0.5, 0.6) is 11.5 Å². The minimum Gasteiger partial charge on any atom is -0.449 e. The Bertz CT molecular complexity index is 891. The third kappa shape index (κ3) is 3.69. The van der Waals surface area contributed by atoms with Crippen LogP contribution in [0.2, 0.25) is 0 Å². The molecule has 1 aliphatic rings. The summed E-state index contributed by atoms with van der Waals surface area (Å²) in [4.78, 5) is 35.6. The lowest BCUT2D eigenvalue weighted by atomic mass is 9.94. The molecule has 6 nitrogen and oxygen atoms in total. The number of ether oxygens (including phenoxy) is 3. The van der Waals surface area contributed by atoms with Crippen molar-refractivity contribution < 1.29 is 28.6 Å². The molecule has 1 atom stereocenters. The van der Waals surface area contributed by atoms with Crippen molar-refractivity contribution in [3.05, 3.63) is 58.7 Å². The van der Waals surface area contributed by atoms with E-state index in [2.05, 4.69) is 0 Å². The molecule has 2 aromatic carbocycles. The molecule has 0 radical (unpaired) electrons. The predicted octanol–water partition coefficient (Wildman–Crippen LogP) is 3.92. The Morgan fingerprint density at radius 1 is 1.00 bits per heavy atom. The highest BCUT2D eigenvalue weighted by Gasteiger charge is 2.37. The Labute approximate surface area is 157 Å². The fraction of sp³-hybridized carbons (Fsp3) is 0.286. The number of cyclic esters (lactones) is 1. The maximum atomic E-state index is 12.3. The SMILES string of the molecule is CC(=O)Oc1cc(C(C)C)cc(OC(C)=O)c1C1OC(=O)c2ccccc21. The number of fused-ring (bicyclic) bond motifs is 1. The second-order valence-corrected chi connectivity index (χ2v) is 6.65. The second kappa shape index (κ2) is 7.23. The topological polar surface area (TPSA) is 78.9 Å². The summed E-state index contributed by atoms with van der Waals surface area (Å²) in [6.07, 6.45) is -0.835. The molecule has 0 N–H and O–H groups in total. The molecule has 0 fully saturated rings. The fourth-order valence-electron chi connectivity index (χ4n) is 3.05. The smallest absolute Gasteiger partial charge is 0.339 e. The maximum absolute atomic E-state index is 12.3. The third-order valence-electron chi connectivity index (χ3n) is 4.25. The van der Waals surface area contributed by atoms with Crippen LogP contribution < -0.4 is 9.47 Å². The molecular formula is C21H20O6. The van der Waals surface area contributed by atoms with Gasteiger partial charge in [0.2, 0.25) is 0 Å². The number of hydrogen-bond acceptors (Lipinski definition) is 6. The maximum Gasteiger partial charge on any atom is 0.339 e. The van der Waals surface area contributed by atoms with Crippen LogP contribution in [-0.4, -0.2) is 17.9 Å². The highest BCUT2D eigenvalue weighted by molar-refractivity contribution is 5.95. The van der Waals surface area contributed by atoms with E-state index < -0.39 is 24.0 Å². The van der Waals surface area contributed by atoms with E-state index in [0.717, 1.165) is 5.56 Å². The summed E-state index contributed by atoms with van der Waals surface area (Å²) < 4.78 is 16.3. The molecule has 0 saturated carbocycles. The summed E-state index contributed by atoms with van der Waals surface area (Å²) in [6, 6.07) is 10.4. The van der Waals surface area contributed by atoms with Gasteiger partial charge in [-0.15, -0.1) is 0 Å². The van der Waals surface area contributed by atoms with Crippen molar-refractivity contribution in [1.29, 1.82) is 0 Å². The first-order chi connectivity index (χ1) is 12.8. The summed E-state index contributed by atoms with van der Waals surface area (Å²) in [5, 5.41) is 0. The van der Waals surface area contributed by atoms with Crippen LogP contribution in [0.4, 0.5) is 0 Å². The van der Waals surface area contributed by atoms with Gasteiger partial charge in [-0.25, -0.2) is 4.79 Å².